The first kappa shape index (κ1) is 14.0. The van der Waals surface area contributed by atoms with Crippen molar-refractivity contribution in [3.8, 4) is 0 Å². The molecule has 1 atom stereocenters. The molecule has 1 saturated heterocycles. The maximum Gasteiger partial charge on any atom is 0.0212 e. The van der Waals surface area contributed by atoms with Crippen LogP contribution in [0, 0.1) is 11.3 Å². The zero-order valence-corrected chi connectivity index (χ0v) is 12.4. The highest BCUT2D eigenvalue weighted by atomic mass is 15.2. The van der Waals surface area contributed by atoms with E-state index in [1.165, 1.54) is 25.8 Å². The summed E-state index contributed by atoms with van der Waals surface area (Å²) in [5.41, 5.74) is 0.894. The third-order valence-electron chi connectivity index (χ3n) is 4.95. The lowest BCUT2D eigenvalue weighted by Crippen LogP contribution is -2.51. The first-order valence-electron chi connectivity index (χ1n) is 7.03. The van der Waals surface area contributed by atoms with Crippen LogP contribution >= 0.6 is 0 Å². The summed E-state index contributed by atoms with van der Waals surface area (Å²) in [4.78, 5) is 2.71. The highest BCUT2D eigenvalue weighted by molar-refractivity contribution is 5.06. The highest BCUT2D eigenvalue weighted by Crippen LogP contribution is 2.52. The van der Waals surface area contributed by atoms with E-state index in [0.717, 1.165) is 5.92 Å². The topological polar surface area (TPSA) is 3.24 Å². The molecule has 0 aromatic heterocycles. The summed E-state index contributed by atoms with van der Waals surface area (Å²) in [5, 5.41) is 0. The summed E-state index contributed by atoms with van der Waals surface area (Å²) in [5.74, 6) is 0.811. The van der Waals surface area contributed by atoms with E-state index in [9.17, 15) is 0 Å². The van der Waals surface area contributed by atoms with E-state index in [2.05, 4.69) is 53.4 Å². The van der Waals surface area contributed by atoms with Gasteiger partial charge in [-0.05, 0) is 64.8 Å². The summed E-state index contributed by atoms with van der Waals surface area (Å²) in [7, 11) is 0. The Morgan fingerprint density at radius 1 is 1.12 bits per heavy atom. The monoisotopic (exact) mass is 225 g/mol. The molecule has 0 radical (unpaired) electrons. The average Bonchev–Trinajstić information content (AvgIpc) is 2.38. The van der Waals surface area contributed by atoms with Crippen molar-refractivity contribution in [1.29, 1.82) is 0 Å². The largest absolute Gasteiger partial charge is 0.295 e. The van der Waals surface area contributed by atoms with Gasteiger partial charge in [0.2, 0.25) is 0 Å². The molecule has 16 heavy (non-hydrogen) atoms. The van der Waals surface area contributed by atoms with Gasteiger partial charge >= 0.3 is 0 Å². The van der Waals surface area contributed by atoms with Crippen molar-refractivity contribution in [2.45, 2.75) is 79.3 Å². The Balaban J connectivity index is 2.96. The predicted molar refractivity (Wildman–Crippen MR) is 72.7 cm³/mol. The van der Waals surface area contributed by atoms with Crippen LogP contribution in [0.5, 0.6) is 0 Å². The third-order valence-corrected chi connectivity index (χ3v) is 4.95. The van der Waals surface area contributed by atoms with E-state index in [4.69, 9.17) is 0 Å². The van der Waals surface area contributed by atoms with Gasteiger partial charge in [0.05, 0.1) is 0 Å². The van der Waals surface area contributed by atoms with E-state index in [1.807, 2.05) is 0 Å². The Kier molecular flexibility index (Phi) is 4.10. The second-order valence-electron chi connectivity index (χ2n) is 6.83. The van der Waals surface area contributed by atoms with Crippen molar-refractivity contribution in [2.24, 2.45) is 11.3 Å². The molecule has 1 heterocycles. The van der Waals surface area contributed by atoms with Gasteiger partial charge in [-0.2, -0.15) is 0 Å². The van der Waals surface area contributed by atoms with Crippen LogP contribution in [0.15, 0.2) is 0 Å². The van der Waals surface area contributed by atoms with E-state index in [0.29, 0.717) is 17.0 Å². The molecule has 0 spiro atoms. The van der Waals surface area contributed by atoms with Crippen LogP contribution in [0.1, 0.15) is 67.7 Å². The van der Waals surface area contributed by atoms with Crippen molar-refractivity contribution in [3.63, 3.8) is 0 Å². The molecular formula is C15H31N. The average molecular weight is 225 g/mol. The Morgan fingerprint density at radius 3 is 2.00 bits per heavy atom. The van der Waals surface area contributed by atoms with Crippen LogP contribution in [0.2, 0.25) is 0 Å². The molecule has 0 unspecified atom stereocenters. The van der Waals surface area contributed by atoms with E-state index in [1.54, 1.807) is 0 Å². The standard InChI is InChI=1S/C15H31N/c1-8-15(11-12(2)3)9-10-16(13(4)5)14(15,6)7/h12-13H,8-11H2,1-7H3/t15-/m1/s1. The zero-order chi connectivity index (χ0) is 12.6. The number of nitrogens with zero attached hydrogens (tertiary/aromatic N) is 1. The lowest BCUT2D eigenvalue weighted by atomic mass is 9.65. The summed E-state index contributed by atoms with van der Waals surface area (Å²) >= 11 is 0. The fourth-order valence-electron chi connectivity index (χ4n) is 4.02. The molecule has 1 fully saturated rings. The van der Waals surface area contributed by atoms with Gasteiger partial charge in [-0.25, -0.2) is 0 Å². The van der Waals surface area contributed by atoms with Crippen molar-refractivity contribution >= 4 is 0 Å². The van der Waals surface area contributed by atoms with Crippen LogP contribution in [0.25, 0.3) is 0 Å². The van der Waals surface area contributed by atoms with Gasteiger partial charge in [0.25, 0.3) is 0 Å². The fraction of sp³-hybridized carbons (Fsp3) is 1.00. The summed E-state index contributed by atoms with van der Waals surface area (Å²) in [6.45, 7) is 18.0. The lowest BCUT2D eigenvalue weighted by molar-refractivity contribution is 0.0282. The van der Waals surface area contributed by atoms with Crippen molar-refractivity contribution in [1.82, 2.24) is 4.90 Å². The van der Waals surface area contributed by atoms with Crippen molar-refractivity contribution in [3.05, 3.63) is 0 Å². The Labute approximate surface area is 103 Å². The lowest BCUT2D eigenvalue weighted by Gasteiger charge is -2.47. The Hall–Kier alpha value is -0.0400. The molecule has 0 bridgehead atoms. The van der Waals surface area contributed by atoms with Crippen molar-refractivity contribution in [2.75, 3.05) is 6.54 Å². The van der Waals surface area contributed by atoms with E-state index >= 15 is 0 Å². The van der Waals surface area contributed by atoms with Gasteiger partial charge in [-0.3, -0.25) is 4.90 Å². The highest BCUT2D eigenvalue weighted by Gasteiger charge is 2.52. The molecule has 1 heteroatoms. The minimum Gasteiger partial charge on any atom is -0.295 e. The molecule has 1 aliphatic rings. The maximum atomic E-state index is 2.71. The third kappa shape index (κ3) is 2.16. The number of rotatable bonds is 4. The predicted octanol–water partition coefficient (Wildman–Crippen LogP) is 4.32. The van der Waals surface area contributed by atoms with Gasteiger partial charge in [0.1, 0.15) is 0 Å². The van der Waals surface area contributed by atoms with Crippen LogP contribution in [-0.4, -0.2) is 23.0 Å². The molecular weight excluding hydrogens is 194 g/mol. The van der Waals surface area contributed by atoms with Gasteiger partial charge in [0.15, 0.2) is 0 Å². The van der Waals surface area contributed by atoms with Gasteiger partial charge in [0, 0.05) is 11.6 Å². The SMILES string of the molecule is CC[C@]1(CC(C)C)CCN(C(C)C)C1(C)C. The summed E-state index contributed by atoms with van der Waals surface area (Å²) < 4.78 is 0. The Morgan fingerprint density at radius 2 is 1.69 bits per heavy atom. The Bertz CT molecular complexity index is 230. The molecule has 0 aromatic carbocycles. The van der Waals surface area contributed by atoms with Crippen LogP contribution < -0.4 is 0 Å². The molecule has 1 rings (SSSR count). The maximum absolute atomic E-state index is 2.71. The second kappa shape index (κ2) is 4.68. The summed E-state index contributed by atoms with van der Waals surface area (Å²) in [6, 6.07) is 0.676. The fourth-order valence-corrected chi connectivity index (χ4v) is 4.02. The smallest absolute Gasteiger partial charge is 0.0212 e. The molecule has 0 N–H and O–H groups in total. The molecule has 96 valence electrons. The normalized spacial score (nSPS) is 30.6. The number of likely N-dealkylation sites (tertiary alicyclic amines) is 1. The van der Waals surface area contributed by atoms with Crippen LogP contribution in [0.3, 0.4) is 0 Å². The van der Waals surface area contributed by atoms with Crippen molar-refractivity contribution < 1.29 is 0 Å². The number of hydrogen-bond donors (Lipinski definition) is 0. The van der Waals surface area contributed by atoms with E-state index < -0.39 is 0 Å². The molecule has 1 aliphatic heterocycles. The molecule has 0 amide bonds. The molecule has 0 saturated carbocycles. The first-order chi connectivity index (χ1) is 7.27. The van der Waals surface area contributed by atoms with Gasteiger partial charge < -0.3 is 0 Å². The van der Waals surface area contributed by atoms with Crippen LogP contribution in [0.4, 0.5) is 0 Å². The first-order valence-corrected chi connectivity index (χ1v) is 7.03. The van der Waals surface area contributed by atoms with Crippen LogP contribution in [-0.2, 0) is 0 Å². The minimum atomic E-state index is 0.361. The molecule has 1 nitrogen and oxygen atoms in total. The van der Waals surface area contributed by atoms with Gasteiger partial charge in [-0.1, -0.05) is 20.8 Å². The molecule has 0 aromatic rings. The second-order valence-corrected chi connectivity index (χ2v) is 6.83. The number of hydrogen-bond acceptors (Lipinski definition) is 1. The van der Waals surface area contributed by atoms with E-state index in [-0.39, 0.29) is 0 Å². The quantitative estimate of drug-likeness (QED) is 0.688. The molecule has 0 aliphatic carbocycles. The van der Waals surface area contributed by atoms with Gasteiger partial charge in [-0.15, -0.1) is 0 Å². The zero-order valence-electron chi connectivity index (χ0n) is 12.4. The minimum absolute atomic E-state index is 0.361. The summed E-state index contributed by atoms with van der Waals surface area (Å²) in [6.07, 6.45) is 4.08.